The molecule has 1 heterocycles. The van der Waals surface area contributed by atoms with Crippen LogP contribution in [0.4, 0.5) is 11.5 Å². The Morgan fingerprint density at radius 1 is 0.542 bits per heavy atom. The van der Waals surface area contributed by atoms with Gasteiger partial charge in [-0.25, -0.2) is 4.98 Å². The van der Waals surface area contributed by atoms with Crippen molar-refractivity contribution < 1.29 is 0 Å². The minimum atomic E-state index is -0.262. The van der Waals surface area contributed by atoms with Gasteiger partial charge in [0.1, 0.15) is 5.82 Å². The maximum atomic E-state index is 8.39. The van der Waals surface area contributed by atoms with E-state index in [-0.39, 0.29) is 5.41 Å². The summed E-state index contributed by atoms with van der Waals surface area (Å²) in [5.74, 6) is 0.710. The smallest absolute Gasteiger partial charge is 0.139 e. The lowest BCUT2D eigenvalue weighted by Crippen LogP contribution is -2.18. The summed E-state index contributed by atoms with van der Waals surface area (Å²) in [5.41, 5.74) is 11.0. The molecule has 2 N–H and O–H groups in total. The van der Waals surface area contributed by atoms with E-state index in [4.69, 9.17) is 10.4 Å². The molecule has 0 spiro atoms. The summed E-state index contributed by atoms with van der Waals surface area (Å²) in [6.45, 7) is 4.50. The van der Waals surface area contributed by atoms with Crippen LogP contribution in [0.2, 0.25) is 0 Å². The van der Waals surface area contributed by atoms with Gasteiger partial charge in [0.2, 0.25) is 0 Å². The zero-order chi connectivity index (χ0) is 32.4. The van der Waals surface area contributed by atoms with Crippen LogP contribution >= 0.6 is 0 Å². The van der Waals surface area contributed by atoms with E-state index in [1.54, 1.807) is 0 Å². The highest BCUT2D eigenvalue weighted by Gasteiger charge is 2.38. The predicted octanol–water partition coefficient (Wildman–Crippen LogP) is 11.9. The summed E-state index contributed by atoms with van der Waals surface area (Å²) in [6.07, 6.45) is 3.42. The fraction of sp³-hybridized carbons (Fsp3) is 0.0667. The fourth-order valence-corrected chi connectivity index (χ4v) is 7.87. The molecule has 8 aromatic rings. The second-order valence-corrected chi connectivity index (χ2v) is 13.3. The predicted molar refractivity (Wildman–Crippen MR) is 203 cm³/mol. The normalized spacial score (nSPS) is 13.0. The van der Waals surface area contributed by atoms with E-state index < -0.39 is 0 Å². The molecule has 48 heavy (non-hydrogen) atoms. The van der Waals surface area contributed by atoms with Gasteiger partial charge in [-0.2, -0.15) is 0 Å². The van der Waals surface area contributed by atoms with Crippen LogP contribution in [-0.4, -0.2) is 11.2 Å². The third-order valence-corrected chi connectivity index (χ3v) is 10.2. The van der Waals surface area contributed by atoms with Crippen LogP contribution in [0.5, 0.6) is 0 Å². The Hall–Kier alpha value is -6.06. The summed E-state index contributed by atoms with van der Waals surface area (Å²) >= 11 is 0. The second kappa shape index (κ2) is 10.8. The van der Waals surface area contributed by atoms with Crippen molar-refractivity contribution >= 4 is 50.0 Å². The second-order valence-electron chi connectivity index (χ2n) is 13.3. The molecular formula is C45H33N3. The highest BCUT2D eigenvalue weighted by atomic mass is 15.0. The molecule has 3 heteroatoms. The van der Waals surface area contributed by atoms with E-state index in [0.29, 0.717) is 5.82 Å². The average Bonchev–Trinajstić information content (AvgIpc) is 3.37. The van der Waals surface area contributed by atoms with Gasteiger partial charge in [-0.05, 0) is 95.5 Å². The van der Waals surface area contributed by atoms with Gasteiger partial charge in [0.25, 0.3) is 0 Å². The molecule has 7 aromatic carbocycles. The number of nitrogens with zero attached hydrogens (tertiary/aromatic N) is 1. The molecule has 3 nitrogen and oxygen atoms in total. The molecular weight excluding hydrogens is 583 g/mol. The van der Waals surface area contributed by atoms with E-state index in [2.05, 4.69) is 128 Å². The molecule has 0 radical (unpaired) electrons. The van der Waals surface area contributed by atoms with Crippen molar-refractivity contribution in [1.29, 1.82) is 5.41 Å². The van der Waals surface area contributed by atoms with Crippen LogP contribution in [-0.2, 0) is 5.41 Å². The number of fused-ring (bicyclic) bond motifs is 9. The number of hydrogen-bond donors (Lipinski definition) is 2. The van der Waals surface area contributed by atoms with Crippen molar-refractivity contribution in [2.24, 2.45) is 0 Å². The minimum Gasteiger partial charge on any atom is -0.340 e. The number of anilines is 2. The molecule has 1 aliphatic carbocycles. The lowest BCUT2D eigenvalue weighted by atomic mass is 9.80. The molecule has 9 rings (SSSR count). The van der Waals surface area contributed by atoms with Crippen LogP contribution in [0.1, 0.15) is 30.5 Å². The molecule has 0 fully saturated rings. The van der Waals surface area contributed by atoms with Crippen molar-refractivity contribution in [3.63, 3.8) is 0 Å². The first-order valence-corrected chi connectivity index (χ1v) is 16.5. The molecule has 0 saturated carbocycles. The number of benzene rings is 7. The van der Waals surface area contributed by atoms with Gasteiger partial charge in [0, 0.05) is 34.6 Å². The van der Waals surface area contributed by atoms with Crippen molar-refractivity contribution in [3.8, 4) is 33.4 Å². The molecule has 0 unspecified atom stereocenters. The lowest BCUT2D eigenvalue weighted by Gasteiger charge is -2.24. The zero-order valence-corrected chi connectivity index (χ0v) is 26.9. The maximum absolute atomic E-state index is 8.39. The molecule has 228 valence electrons. The molecule has 0 atom stereocenters. The number of hydrogen-bond acceptors (Lipinski definition) is 3. The Balaban J connectivity index is 1.09. The van der Waals surface area contributed by atoms with Crippen LogP contribution in [0.25, 0.3) is 65.7 Å². The number of aromatic nitrogens is 1. The largest absolute Gasteiger partial charge is 0.340 e. The maximum Gasteiger partial charge on any atom is 0.139 e. The number of nitrogens with one attached hydrogen (secondary N) is 2. The Morgan fingerprint density at radius 2 is 1.06 bits per heavy atom. The first-order chi connectivity index (χ1) is 23.5. The van der Waals surface area contributed by atoms with Crippen LogP contribution in [0.3, 0.4) is 0 Å². The standard InChI is InChI=1S/C45H33N3/c1-45(2)42-23-21-31(25-39(42)41-27-47-44(40(26-46)43(41)45)48-32-10-4-3-5-11-32)29-18-16-28(17-19-29)30-20-22-37-35-14-7-6-12-33(35)34-13-8-9-15-36(34)38(37)24-30/h3-27,46H,1-2H3,(H,47,48). The Kier molecular flexibility index (Phi) is 6.31. The van der Waals surface area contributed by atoms with Crippen molar-refractivity contribution in [2.45, 2.75) is 19.3 Å². The van der Waals surface area contributed by atoms with Crippen molar-refractivity contribution in [2.75, 3.05) is 5.32 Å². The monoisotopic (exact) mass is 615 g/mol. The minimum absolute atomic E-state index is 0.262. The molecule has 0 bridgehead atoms. The Labute approximate surface area is 280 Å². The fourth-order valence-electron chi connectivity index (χ4n) is 7.87. The summed E-state index contributed by atoms with van der Waals surface area (Å²) < 4.78 is 0. The van der Waals surface area contributed by atoms with Gasteiger partial charge in [0.15, 0.2) is 0 Å². The molecule has 1 aliphatic rings. The van der Waals surface area contributed by atoms with E-state index >= 15 is 0 Å². The Morgan fingerprint density at radius 3 is 1.69 bits per heavy atom. The quantitative estimate of drug-likeness (QED) is 0.149. The molecule has 0 aliphatic heterocycles. The van der Waals surface area contributed by atoms with Gasteiger partial charge in [-0.1, -0.05) is 129 Å². The van der Waals surface area contributed by atoms with Crippen LogP contribution < -0.4 is 5.32 Å². The first kappa shape index (κ1) is 28.2. The number of pyridine rings is 1. The summed E-state index contributed by atoms with van der Waals surface area (Å²) in [5, 5.41) is 19.6. The molecule has 0 saturated heterocycles. The highest BCUT2D eigenvalue weighted by molar-refractivity contribution is 6.25. The van der Waals surface area contributed by atoms with Gasteiger partial charge in [-0.3, -0.25) is 0 Å². The zero-order valence-electron chi connectivity index (χ0n) is 26.9. The van der Waals surface area contributed by atoms with E-state index in [9.17, 15) is 0 Å². The van der Waals surface area contributed by atoms with E-state index in [0.717, 1.165) is 22.4 Å². The summed E-state index contributed by atoms with van der Waals surface area (Å²) in [6, 6.07) is 50.1. The number of rotatable bonds is 5. The SMILES string of the molecule is CC1(C)c2ccc(-c3ccc(-c4ccc5c6ccccc6c6ccccc6c5c4)cc3)cc2-c2cnc(Nc3ccccc3)c(C=N)c21. The van der Waals surface area contributed by atoms with Gasteiger partial charge < -0.3 is 10.7 Å². The number of para-hydroxylation sites is 1. The van der Waals surface area contributed by atoms with E-state index in [1.807, 2.05) is 36.5 Å². The van der Waals surface area contributed by atoms with Gasteiger partial charge in [0.05, 0.1) is 0 Å². The third-order valence-electron chi connectivity index (χ3n) is 10.2. The van der Waals surface area contributed by atoms with Gasteiger partial charge in [-0.15, -0.1) is 0 Å². The van der Waals surface area contributed by atoms with Gasteiger partial charge >= 0.3 is 0 Å². The highest BCUT2D eigenvalue weighted by Crippen LogP contribution is 2.51. The van der Waals surface area contributed by atoms with Crippen molar-refractivity contribution in [3.05, 3.63) is 162 Å². The summed E-state index contributed by atoms with van der Waals surface area (Å²) in [7, 11) is 0. The third kappa shape index (κ3) is 4.28. The van der Waals surface area contributed by atoms with Crippen molar-refractivity contribution in [1.82, 2.24) is 4.98 Å². The lowest BCUT2D eigenvalue weighted by molar-refractivity contribution is 0.659. The Bertz CT molecular complexity index is 2530. The topological polar surface area (TPSA) is 48.8 Å². The van der Waals surface area contributed by atoms with E-state index in [1.165, 1.54) is 71.9 Å². The van der Waals surface area contributed by atoms with Crippen LogP contribution in [0.15, 0.2) is 146 Å². The first-order valence-electron chi connectivity index (χ1n) is 16.5. The summed E-state index contributed by atoms with van der Waals surface area (Å²) in [4.78, 5) is 4.82. The average molecular weight is 616 g/mol. The van der Waals surface area contributed by atoms with Crippen LogP contribution in [0, 0.1) is 5.41 Å². The molecule has 1 aromatic heterocycles. The molecule has 0 amide bonds.